The summed E-state index contributed by atoms with van der Waals surface area (Å²) in [5.74, 6) is 2.01. The Kier molecular flexibility index (Phi) is 4.85. The Labute approximate surface area is 161 Å². The molecule has 0 bridgehead atoms. The maximum atomic E-state index is 12.6. The Morgan fingerprint density at radius 1 is 1.26 bits per heavy atom. The summed E-state index contributed by atoms with van der Waals surface area (Å²) in [6.07, 6.45) is 2.35. The lowest BCUT2D eigenvalue weighted by Crippen LogP contribution is -2.27. The number of carbonyl (C=O) groups excluding carboxylic acids is 1. The molecule has 0 aliphatic heterocycles. The quantitative estimate of drug-likeness (QED) is 0.704. The molecule has 0 atom stereocenters. The van der Waals surface area contributed by atoms with Gasteiger partial charge in [-0.3, -0.25) is 4.79 Å². The first-order valence-corrected chi connectivity index (χ1v) is 9.63. The van der Waals surface area contributed by atoms with Crippen molar-refractivity contribution < 1.29 is 18.8 Å². The fraction of sp³-hybridized carbons (Fsp3) is 0.300. The highest BCUT2D eigenvalue weighted by atomic mass is 32.1. The van der Waals surface area contributed by atoms with E-state index in [-0.39, 0.29) is 5.91 Å². The van der Waals surface area contributed by atoms with Crippen molar-refractivity contribution in [3.8, 4) is 22.8 Å². The van der Waals surface area contributed by atoms with Gasteiger partial charge in [-0.2, -0.15) is 0 Å². The summed E-state index contributed by atoms with van der Waals surface area (Å²) in [5, 5.41) is 9.02. The van der Waals surface area contributed by atoms with Gasteiger partial charge < -0.3 is 19.3 Å². The fourth-order valence-electron chi connectivity index (χ4n) is 3.36. The van der Waals surface area contributed by atoms with Crippen molar-refractivity contribution in [1.82, 2.24) is 10.5 Å². The number of hydrogen-bond acceptors (Lipinski definition) is 6. The Balaban J connectivity index is 1.43. The number of nitrogens with zero attached hydrogens (tertiary/aromatic N) is 1. The van der Waals surface area contributed by atoms with Crippen LogP contribution in [0.5, 0.6) is 11.5 Å². The van der Waals surface area contributed by atoms with Gasteiger partial charge >= 0.3 is 0 Å². The van der Waals surface area contributed by atoms with Gasteiger partial charge in [-0.15, -0.1) is 11.3 Å². The molecule has 0 saturated carbocycles. The molecule has 1 aliphatic rings. The number of thiophene rings is 1. The molecular formula is C20H20N2O4S. The Morgan fingerprint density at radius 2 is 2.15 bits per heavy atom. The number of ether oxygens (including phenoxy) is 2. The van der Waals surface area contributed by atoms with Crippen LogP contribution in [-0.2, 0) is 19.3 Å². The SMILES string of the molecule is COc1ccc(CCNC(=O)c2noc3c2CCc2sccc2-3)c(OC)c1. The highest BCUT2D eigenvalue weighted by Crippen LogP contribution is 2.38. The van der Waals surface area contributed by atoms with Crippen LogP contribution < -0.4 is 14.8 Å². The minimum absolute atomic E-state index is 0.203. The Hall–Kier alpha value is -2.80. The third-order valence-electron chi connectivity index (χ3n) is 4.77. The molecule has 4 rings (SSSR count). The molecule has 0 unspecified atom stereocenters. The second-order valence-corrected chi connectivity index (χ2v) is 7.28. The van der Waals surface area contributed by atoms with Crippen LogP contribution in [0.4, 0.5) is 0 Å². The molecule has 0 radical (unpaired) electrons. The number of benzene rings is 1. The zero-order chi connectivity index (χ0) is 18.8. The molecule has 1 aliphatic carbocycles. The number of rotatable bonds is 6. The van der Waals surface area contributed by atoms with Crippen LogP contribution in [-0.4, -0.2) is 31.8 Å². The van der Waals surface area contributed by atoms with E-state index in [1.165, 1.54) is 4.88 Å². The molecule has 0 fully saturated rings. The summed E-state index contributed by atoms with van der Waals surface area (Å²) in [6.45, 7) is 0.479. The highest BCUT2D eigenvalue weighted by molar-refractivity contribution is 7.10. The van der Waals surface area contributed by atoms with Crippen LogP contribution in [0.25, 0.3) is 11.3 Å². The Morgan fingerprint density at radius 3 is 2.96 bits per heavy atom. The average Bonchev–Trinajstić information content (AvgIpc) is 3.34. The van der Waals surface area contributed by atoms with Gasteiger partial charge in [0, 0.05) is 28.6 Å². The van der Waals surface area contributed by atoms with Gasteiger partial charge in [-0.05, 0) is 42.3 Å². The van der Waals surface area contributed by atoms with Crippen molar-refractivity contribution in [2.45, 2.75) is 19.3 Å². The average molecular weight is 384 g/mol. The molecule has 0 spiro atoms. The van der Waals surface area contributed by atoms with Gasteiger partial charge in [0.1, 0.15) is 11.5 Å². The molecule has 140 valence electrons. The van der Waals surface area contributed by atoms with Crippen LogP contribution in [0.15, 0.2) is 34.2 Å². The van der Waals surface area contributed by atoms with Crippen LogP contribution in [0, 0.1) is 0 Å². The first-order valence-electron chi connectivity index (χ1n) is 8.75. The number of fused-ring (bicyclic) bond motifs is 3. The van der Waals surface area contributed by atoms with Gasteiger partial charge in [0.15, 0.2) is 11.5 Å². The standard InChI is InChI=1S/C20H20N2O4S/c1-24-13-4-3-12(16(11-13)25-2)7-9-21-20(23)18-15-5-6-17-14(8-10-27-17)19(15)26-22-18/h3-4,8,10-11H,5-7,9H2,1-2H3,(H,21,23). The van der Waals surface area contributed by atoms with Gasteiger partial charge in [0.05, 0.1) is 14.2 Å². The topological polar surface area (TPSA) is 73.6 Å². The van der Waals surface area contributed by atoms with Crippen molar-refractivity contribution in [2.24, 2.45) is 0 Å². The maximum Gasteiger partial charge on any atom is 0.273 e. The second-order valence-electron chi connectivity index (χ2n) is 6.28. The van der Waals surface area contributed by atoms with E-state index in [9.17, 15) is 4.79 Å². The van der Waals surface area contributed by atoms with Crippen LogP contribution in [0.2, 0.25) is 0 Å². The van der Waals surface area contributed by atoms with E-state index in [1.807, 2.05) is 29.6 Å². The molecule has 6 nitrogen and oxygen atoms in total. The van der Waals surface area contributed by atoms with Crippen LogP contribution >= 0.6 is 11.3 Å². The number of methoxy groups -OCH3 is 2. The number of nitrogens with one attached hydrogen (secondary N) is 1. The largest absolute Gasteiger partial charge is 0.497 e. The molecule has 2 aromatic heterocycles. The van der Waals surface area contributed by atoms with Crippen LogP contribution in [0.3, 0.4) is 0 Å². The minimum Gasteiger partial charge on any atom is -0.497 e. The lowest BCUT2D eigenvalue weighted by molar-refractivity contribution is 0.0944. The van der Waals surface area contributed by atoms with Crippen molar-refractivity contribution in [3.05, 3.63) is 51.3 Å². The van der Waals surface area contributed by atoms with Gasteiger partial charge in [-0.25, -0.2) is 0 Å². The predicted molar refractivity (Wildman–Crippen MR) is 103 cm³/mol. The molecule has 1 aromatic carbocycles. The Bertz CT molecular complexity index is 976. The van der Waals surface area contributed by atoms with E-state index >= 15 is 0 Å². The summed E-state index contributed by atoms with van der Waals surface area (Å²) in [4.78, 5) is 13.9. The van der Waals surface area contributed by atoms with Crippen molar-refractivity contribution in [1.29, 1.82) is 0 Å². The highest BCUT2D eigenvalue weighted by Gasteiger charge is 2.28. The summed E-state index contributed by atoms with van der Waals surface area (Å²) in [5.41, 5.74) is 3.36. The van der Waals surface area contributed by atoms with E-state index in [4.69, 9.17) is 14.0 Å². The van der Waals surface area contributed by atoms with E-state index in [0.717, 1.165) is 46.8 Å². The number of carbonyl (C=O) groups is 1. The molecule has 0 saturated heterocycles. The second kappa shape index (κ2) is 7.44. The lowest BCUT2D eigenvalue weighted by Gasteiger charge is -2.12. The number of amides is 1. The predicted octanol–water partition coefficient (Wildman–Crippen LogP) is 3.49. The summed E-state index contributed by atoms with van der Waals surface area (Å²) in [6, 6.07) is 7.69. The molecule has 27 heavy (non-hydrogen) atoms. The molecule has 2 heterocycles. The third kappa shape index (κ3) is 3.30. The summed E-state index contributed by atoms with van der Waals surface area (Å²) >= 11 is 1.72. The normalized spacial score (nSPS) is 12.2. The monoisotopic (exact) mass is 384 g/mol. The van der Waals surface area contributed by atoms with Crippen molar-refractivity contribution >= 4 is 17.2 Å². The number of aromatic nitrogens is 1. The zero-order valence-corrected chi connectivity index (χ0v) is 16.0. The van der Waals surface area contributed by atoms with Crippen molar-refractivity contribution in [3.63, 3.8) is 0 Å². The first-order chi connectivity index (χ1) is 13.2. The number of aryl methyl sites for hydroxylation is 1. The third-order valence-corrected chi connectivity index (χ3v) is 5.75. The molecule has 1 N–H and O–H groups in total. The van der Waals surface area contributed by atoms with E-state index < -0.39 is 0 Å². The van der Waals surface area contributed by atoms with Crippen LogP contribution in [0.1, 0.15) is 26.5 Å². The molecule has 7 heteroatoms. The molecule has 3 aromatic rings. The molecular weight excluding hydrogens is 364 g/mol. The lowest BCUT2D eigenvalue weighted by atomic mass is 9.95. The van der Waals surface area contributed by atoms with E-state index in [2.05, 4.69) is 10.5 Å². The van der Waals surface area contributed by atoms with Gasteiger partial charge in [-0.1, -0.05) is 11.2 Å². The van der Waals surface area contributed by atoms with E-state index in [1.54, 1.807) is 25.6 Å². The van der Waals surface area contributed by atoms with Crippen molar-refractivity contribution in [2.75, 3.05) is 20.8 Å². The molecule has 1 amide bonds. The summed E-state index contributed by atoms with van der Waals surface area (Å²) < 4.78 is 16.1. The fourth-order valence-corrected chi connectivity index (χ4v) is 4.24. The van der Waals surface area contributed by atoms with E-state index in [0.29, 0.717) is 18.7 Å². The zero-order valence-electron chi connectivity index (χ0n) is 15.2. The first kappa shape index (κ1) is 17.6. The smallest absolute Gasteiger partial charge is 0.273 e. The summed E-state index contributed by atoms with van der Waals surface area (Å²) in [7, 11) is 3.24. The van der Waals surface area contributed by atoms with Gasteiger partial charge in [0.25, 0.3) is 5.91 Å². The number of hydrogen-bond donors (Lipinski definition) is 1. The maximum absolute atomic E-state index is 12.6. The van der Waals surface area contributed by atoms with Gasteiger partial charge in [0.2, 0.25) is 0 Å². The minimum atomic E-state index is -0.203.